The van der Waals surface area contributed by atoms with Gasteiger partial charge in [-0.05, 0) is 36.2 Å². The number of benzene rings is 2. The Kier molecular flexibility index (Phi) is 4.28. The number of hydrogen-bond donors (Lipinski definition) is 0. The maximum absolute atomic E-state index is 12.8. The minimum Gasteiger partial charge on any atom is -0.381 e. The summed E-state index contributed by atoms with van der Waals surface area (Å²) in [6, 6.07) is 13.5. The summed E-state index contributed by atoms with van der Waals surface area (Å²) in [5.74, 6) is 0.0784. The van der Waals surface area contributed by atoms with E-state index in [1.165, 1.54) is 0 Å². The number of rotatable bonds is 4. The first kappa shape index (κ1) is 17.5. The van der Waals surface area contributed by atoms with Gasteiger partial charge in [-0.3, -0.25) is 4.79 Å². The van der Waals surface area contributed by atoms with Gasteiger partial charge in [0, 0.05) is 31.2 Å². The molecule has 6 heteroatoms. The molecule has 2 aliphatic heterocycles. The topological polar surface area (TPSA) is 63.7 Å². The Balaban J connectivity index is 1.54. The summed E-state index contributed by atoms with van der Waals surface area (Å²) in [7, 11) is -3.19. The van der Waals surface area contributed by atoms with Crippen LogP contribution in [0.1, 0.15) is 23.7 Å². The largest absolute Gasteiger partial charge is 0.381 e. The van der Waals surface area contributed by atoms with E-state index < -0.39 is 14.6 Å². The fraction of sp³-hybridized carbons (Fsp3) is 0.450. The summed E-state index contributed by atoms with van der Waals surface area (Å²) in [5.41, 5.74) is 0.607. The number of hydrogen-bond acceptors (Lipinski definition) is 4. The first-order valence-corrected chi connectivity index (χ1v) is 10.7. The van der Waals surface area contributed by atoms with Gasteiger partial charge < -0.3 is 9.64 Å². The van der Waals surface area contributed by atoms with Gasteiger partial charge in [0.1, 0.15) is 4.75 Å². The second-order valence-electron chi connectivity index (χ2n) is 7.25. The number of nitrogens with zero attached hydrogens (tertiary/aromatic N) is 1. The third-order valence-corrected chi connectivity index (χ3v) is 8.43. The highest BCUT2D eigenvalue weighted by molar-refractivity contribution is 7.93. The lowest BCUT2D eigenvalue weighted by atomic mass is 9.83. The zero-order valence-electron chi connectivity index (χ0n) is 14.8. The molecule has 0 unspecified atom stereocenters. The maximum Gasteiger partial charge on any atom is 0.253 e. The van der Waals surface area contributed by atoms with Gasteiger partial charge in [-0.25, -0.2) is 8.42 Å². The molecule has 26 heavy (non-hydrogen) atoms. The fourth-order valence-corrected chi connectivity index (χ4v) is 6.62. The molecule has 0 bridgehead atoms. The van der Waals surface area contributed by atoms with E-state index in [-0.39, 0.29) is 30.7 Å². The van der Waals surface area contributed by atoms with Crippen LogP contribution in [-0.4, -0.2) is 56.0 Å². The van der Waals surface area contributed by atoms with Gasteiger partial charge in [0.15, 0.2) is 9.84 Å². The van der Waals surface area contributed by atoms with E-state index in [9.17, 15) is 13.2 Å². The van der Waals surface area contributed by atoms with Gasteiger partial charge in [0.25, 0.3) is 5.91 Å². The molecule has 0 radical (unpaired) electrons. The number of carbonyl (C=O) groups excluding carboxylic acids is 1. The van der Waals surface area contributed by atoms with Crippen molar-refractivity contribution >= 4 is 26.5 Å². The van der Waals surface area contributed by atoms with Gasteiger partial charge in [-0.1, -0.05) is 30.3 Å². The first-order valence-electron chi connectivity index (χ1n) is 9.05. The van der Waals surface area contributed by atoms with E-state index in [1.54, 1.807) is 4.90 Å². The lowest BCUT2D eigenvalue weighted by Gasteiger charge is -2.49. The van der Waals surface area contributed by atoms with Crippen molar-refractivity contribution in [3.05, 3.63) is 48.0 Å². The molecule has 0 N–H and O–H groups in total. The number of amides is 1. The van der Waals surface area contributed by atoms with Crippen molar-refractivity contribution in [1.29, 1.82) is 0 Å². The Morgan fingerprint density at radius 2 is 1.92 bits per heavy atom. The van der Waals surface area contributed by atoms with E-state index in [2.05, 4.69) is 0 Å². The number of fused-ring (bicyclic) bond motifs is 1. The average molecular weight is 373 g/mol. The zero-order valence-corrected chi connectivity index (χ0v) is 15.7. The van der Waals surface area contributed by atoms with Crippen molar-refractivity contribution in [3.8, 4) is 0 Å². The smallest absolute Gasteiger partial charge is 0.253 e. The molecule has 2 fully saturated rings. The van der Waals surface area contributed by atoms with Crippen molar-refractivity contribution in [2.75, 3.05) is 32.1 Å². The summed E-state index contributed by atoms with van der Waals surface area (Å²) in [6.45, 7) is 3.49. The normalized spacial score (nSPS) is 23.3. The molecule has 138 valence electrons. The highest BCUT2D eigenvalue weighted by atomic mass is 32.2. The Morgan fingerprint density at radius 1 is 1.19 bits per heavy atom. The monoisotopic (exact) mass is 373 g/mol. The van der Waals surface area contributed by atoms with Crippen LogP contribution in [0.15, 0.2) is 42.5 Å². The van der Waals surface area contributed by atoms with Crippen LogP contribution < -0.4 is 0 Å². The first-order chi connectivity index (χ1) is 12.5. The molecular weight excluding hydrogens is 350 g/mol. The molecule has 2 aromatic carbocycles. The Bertz CT molecular complexity index is 947. The second kappa shape index (κ2) is 6.35. The molecule has 0 aromatic heterocycles. The van der Waals surface area contributed by atoms with Crippen LogP contribution in [0.25, 0.3) is 10.8 Å². The van der Waals surface area contributed by atoms with Gasteiger partial charge in [-0.2, -0.15) is 0 Å². The van der Waals surface area contributed by atoms with Crippen molar-refractivity contribution < 1.29 is 17.9 Å². The molecule has 4 rings (SSSR count). The summed E-state index contributed by atoms with van der Waals surface area (Å²) < 4.78 is 29.9. The zero-order chi connectivity index (χ0) is 18.4. The predicted molar refractivity (Wildman–Crippen MR) is 101 cm³/mol. The van der Waals surface area contributed by atoms with Crippen LogP contribution >= 0.6 is 0 Å². The minimum absolute atomic E-state index is 0.0203. The van der Waals surface area contributed by atoms with Crippen LogP contribution in [0.4, 0.5) is 0 Å². The number of carbonyl (C=O) groups is 1. The Labute approximate surface area is 153 Å². The van der Waals surface area contributed by atoms with E-state index in [0.717, 1.165) is 10.8 Å². The maximum atomic E-state index is 12.8. The van der Waals surface area contributed by atoms with Crippen molar-refractivity contribution in [3.63, 3.8) is 0 Å². The number of sulfone groups is 1. The molecule has 2 saturated heterocycles. The quantitative estimate of drug-likeness (QED) is 0.826. The summed E-state index contributed by atoms with van der Waals surface area (Å²) in [6.07, 6.45) is 0.625. The fourth-order valence-electron chi connectivity index (χ4n) is 4.22. The molecule has 2 heterocycles. The standard InChI is InChI=1S/C20H23NO4S/c1-2-25-12-18-9-10-26(23,24)20(18)13-21(14-20)19(22)17-8-7-15-5-3-4-6-16(15)11-17/h3-8,11,18H,2,9-10,12-14H2,1H3/t18-/m0/s1. The highest BCUT2D eigenvalue weighted by Crippen LogP contribution is 2.45. The average Bonchev–Trinajstić information content (AvgIpc) is 2.88. The van der Waals surface area contributed by atoms with Crippen LogP contribution in [0.3, 0.4) is 0 Å². The van der Waals surface area contributed by atoms with Gasteiger partial charge in [-0.15, -0.1) is 0 Å². The molecule has 1 atom stereocenters. The SMILES string of the molecule is CCOC[C@@H]1CCS(=O)(=O)C12CN(C(=O)c1ccc3ccccc3c1)C2. The van der Waals surface area contributed by atoms with E-state index in [4.69, 9.17) is 4.74 Å². The molecule has 0 aliphatic carbocycles. The van der Waals surface area contributed by atoms with Crippen LogP contribution in [0.5, 0.6) is 0 Å². The molecule has 2 aliphatic rings. The lowest BCUT2D eigenvalue weighted by molar-refractivity contribution is 0.0271. The predicted octanol–water partition coefficient (Wildman–Crippen LogP) is 2.51. The Hall–Kier alpha value is -1.92. The highest BCUT2D eigenvalue weighted by Gasteiger charge is 2.62. The molecule has 5 nitrogen and oxygen atoms in total. The summed E-state index contributed by atoms with van der Waals surface area (Å²) in [5, 5.41) is 2.09. The lowest BCUT2D eigenvalue weighted by Crippen LogP contribution is -2.68. The van der Waals surface area contributed by atoms with Crippen LogP contribution in [-0.2, 0) is 14.6 Å². The summed E-state index contributed by atoms with van der Waals surface area (Å²) >= 11 is 0. The van der Waals surface area contributed by atoms with E-state index in [1.807, 2.05) is 49.4 Å². The molecule has 2 aromatic rings. The Morgan fingerprint density at radius 3 is 2.65 bits per heavy atom. The molecule has 1 spiro atoms. The van der Waals surface area contributed by atoms with E-state index >= 15 is 0 Å². The molecule has 0 saturated carbocycles. The number of ether oxygens (including phenoxy) is 1. The third kappa shape index (κ3) is 2.63. The number of likely N-dealkylation sites (tertiary alicyclic amines) is 1. The van der Waals surface area contributed by atoms with Crippen molar-refractivity contribution in [2.45, 2.75) is 18.1 Å². The van der Waals surface area contributed by atoms with Gasteiger partial charge in [0.05, 0.1) is 12.4 Å². The second-order valence-corrected chi connectivity index (χ2v) is 9.70. The molecule has 1 amide bonds. The van der Waals surface area contributed by atoms with Crippen molar-refractivity contribution in [1.82, 2.24) is 4.90 Å². The molecular formula is C20H23NO4S. The third-order valence-electron chi connectivity index (χ3n) is 5.82. The van der Waals surface area contributed by atoms with Crippen LogP contribution in [0.2, 0.25) is 0 Å². The van der Waals surface area contributed by atoms with Gasteiger partial charge >= 0.3 is 0 Å². The van der Waals surface area contributed by atoms with E-state index in [0.29, 0.717) is 25.2 Å². The van der Waals surface area contributed by atoms with Gasteiger partial charge in [0.2, 0.25) is 0 Å². The van der Waals surface area contributed by atoms with Crippen LogP contribution in [0, 0.1) is 5.92 Å². The summed E-state index contributed by atoms with van der Waals surface area (Å²) in [4.78, 5) is 14.5. The minimum atomic E-state index is -3.19. The van der Waals surface area contributed by atoms with Crippen molar-refractivity contribution in [2.24, 2.45) is 5.92 Å².